The van der Waals surface area contributed by atoms with Crippen LogP contribution in [0.1, 0.15) is 32.1 Å². The Hall–Kier alpha value is -2.20. The predicted octanol–water partition coefficient (Wildman–Crippen LogP) is -2.01. The van der Waals surface area contributed by atoms with Gasteiger partial charge in [-0.05, 0) is 25.8 Å². The van der Waals surface area contributed by atoms with Gasteiger partial charge in [0.25, 0.3) is 0 Å². The molecule has 0 fully saturated rings. The van der Waals surface area contributed by atoms with Crippen molar-refractivity contribution in [2.45, 2.75) is 44.2 Å². The van der Waals surface area contributed by atoms with E-state index in [-0.39, 0.29) is 6.42 Å². The van der Waals surface area contributed by atoms with Gasteiger partial charge in [0.2, 0.25) is 11.8 Å². The average Bonchev–Trinajstić information content (AvgIpc) is 2.48. The fourth-order valence-corrected chi connectivity index (χ4v) is 1.71. The van der Waals surface area contributed by atoms with Crippen molar-refractivity contribution in [1.82, 2.24) is 10.6 Å². The van der Waals surface area contributed by atoms with Gasteiger partial charge in [0.1, 0.15) is 6.04 Å². The molecule has 0 aromatic heterocycles. The number of hydrogen-bond donors (Lipinski definition) is 6. The SMILES string of the molecule is NCCCCC(N)C(=O)NCC(=O)NC(CCC(=O)O)C(=O)O. The van der Waals surface area contributed by atoms with E-state index in [1.54, 1.807) is 0 Å². The fraction of sp³-hybridized carbons (Fsp3) is 0.692. The van der Waals surface area contributed by atoms with Gasteiger partial charge in [-0.15, -0.1) is 0 Å². The number of carbonyl (C=O) groups is 4. The van der Waals surface area contributed by atoms with Crippen LogP contribution in [0.25, 0.3) is 0 Å². The zero-order chi connectivity index (χ0) is 17.8. The summed E-state index contributed by atoms with van der Waals surface area (Å²) in [4.78, 5) is 44.6. The molecule has 0 aliphatic rings. The highest BCUT2D eigenvalue weighted by atomic mass is 16.4. The molecule has 0 heterocycles. The van der Waals surface area contributed by atoms with E-state index in [2.05, 4.69) is 10.6 Å². The number of carboxylic acids is 2. The van der Waals surface area contributed by atoms with Crippen LogP contribution >= 0.6 is 0 Å². The van der Waals surface area contributed by atoms with Gasteiger partial charge in [-0.25, -0.2) is 4.79 Å². The smallest absolute Gasteiger partial charge is 0.326 e. The summed E-state index contributed by atoms with van der Waals surface area (Å²) in [5.74, 6) is -3.76. The molecule has 2 amide bonds. The van der Waals surface area contributed by atoms with E-state index in [1.165, 1.54) is 0 Å². The third kappa shape index (κ3) is 10.2. The lowest BCUT2D eigenvalue weighted by Gasteiger charge is -2.15. The molecule has 0 aliphatic heterocycles. The monoisotopic (exact) mass is 332 g/mol. The average molecular weight is 332 g/mol. The van der Waals surface area contributed by atoms with Crippen molar-refractivity contribution in [2.24, 2.45) is 11.5 Å². The van der Waals surface area contributed by atoms with E-state index in [9.17, 15) is 19.2 Å². The number of carboxylic acid groups (broad SMARTS) is 2. The Kier molecular flexibility index (Phi) is 10.3. The van der Waals surface area contributed by atoms with Crippen LogP contribution in [0.3, 0.4) is 0 Å². The van der Waals surface area contributed by atoms with Crippen LogP contribution in [0.15, 0.2) is 0 Å². The van der Waals surface area contributed by atoms with Gasteiger partial charge in [-0.3, -0.25) is 14.4 Å². The molecule has 0 saturated carbocycles. The Morgan fingerprint density at radius 2 is 1.70 bits per heavy atom. The van der Waals surface area contributed by atoms with Crippen molar-refractivity contribution in [3.8, 4) is 0 Å². The van der Waals surface area contributed by atoms with Gasteiger partial charge in [0.05, 0.1) is 12.6 Å². The Balaban J connectivity index is 4.18. The summed E-state index contributed by atoms with van der Waals surface area (Å²) < 4.78 is 0. The third-order valence-corrected chi connectivity index (χ3v) is 3.01. The molecular weight excluding hydrogens is 308 g/mol. The zero-order valence-electron chi connectivity index (χ0n) is 12.8. The molecule has 0 spiro atoms. The minimum Gasteiger partial charge on any atom is -0.481 e. The van der Waals surface area contributed by atoms with Crippen LogP contribution in [0.5, 0.6) is 0 Å². The Bertz CT molecular complexity index is 429. The van der Waals surface area contributed by atoms with Crippen LogP contribution in [0, 0.1) is 0 Å². The Labute approximate surface area is 133 Å². The standard InChI is InChI=1S/C13H24N4O6/c14-6-2-1-3-8(15)12(21)16-7-10(18)17-9(13(22)23)4-5-11(19)20/h8-9H,1-7,14-15H2,(H,16,21)(H,17,18)(H,19,20)(H,22,23). The first kappa shape index (κ1) is 20.8. The van der Waals surface area contributed by atoms with E-state index in [0.717, 1.165) is 6.42 Å². The van der Waals surface area contributed by atoms with Crippen molar-refractivity contribution in [2.75, 3.05) is 13.1 Å². The third-order valence-electron chi connectivity index (χ3n) is 3.01. The van der Waals surface area contributed by atoms with Crippen LogP contribution in [-0.2, 0) is 19.2 Å². The lowest BCUT2D eigenvalue weighted by molar-refractivity contribution is -0.143. The molecule has 0 aliphatic carbocycles. The van der Waals surface area contributed by atoms with Gasteiger partial charge in [-0.1, -0.05) is 6.42 Å². The number of unbranched alkanes of at least 4 members (excludes halogenated alkanes) is 1. The molecule has 2 atom stereocenters. The number of nitrogens with two attached hydrogens (primary N) is 2. The fourth-order valence-electron chi connectivity index (χ4n) is 1.71. The largest absolute Gasteiger partial charge is 0.481 e. The van der Waals surface area contributed by atoms with Crippen LogP contribution in [-0.4, -0.2) is 59.1 Å². The second-order valence-corrected chi connectivity index (χ2v) is 5.00. The number of rotatable bonds is 12. The Morgan fingerprint density at radius 3 is 2.22 bits per heavy atom. The van der Waals surface area contributed by atoms with Crippen molar-refractivity contribution >= 4 is 23.8 Å². The Morgan fingerprint density at radius 1 is 1.04 bits per heavy atom. The zero-order valence-corrected chi connectivity index (χ0v) is 12.8. The van der Waals surface area contributed by atoms with Gasteiger partial charge < -0.3 is 32.3 Å². The molecule has 0 bridgehead atoms. The second kappa shape index (κ2) is 11.4. The molecule has 0 aromatic rings. The second-order valence-electron chi connectivity index (χ2n) is 5.00. The highest BCUT2D eigenvalue weighted by molar-refractivity contribution is 5.89. The number of carbonyl (C=O) groups excluding carboxylic acids is 2. The first-order valence-corrected chi connectivity index (χ1v) is 7.25. The van der Waals surface area contributed by atoms with Crippen LogP contribution in [0.2, 0.25) is 0 Å². The lowest BCUT2D eigenvalue weighted by Crippen LogP contribution is -2.48. The highest BCUT2D eigenvalue weighted by Gasteiger charge is 2.21. The highest BCUT2D eigenvalue weighted by Crippen LogP contribution is 1.99. The van der Waals surface area contributed by atoms with Gasteiger partial charge in [0.15, 0.2) is 0 Å². The minimum atomic E-state index is -1.34. The molecule has 0 radical (unpaired) electrons. The van der Waals surface area contributed by atoms with Gasteiger partial charge >= 0.3 is 11.9 Å². The predicted molar refractivity (Wildman–Crippen MR) is 80.3 cm³/mol. The van der Waals surface area contributed by atoms with Gasteiger partial charge in [-0.2, -0.15) is 0 Å². The number of aliphatic carboxylic acids is 2. The van der Waals surface area contributed by atoms with Crippen LogP contribution < -0.4 is 22.1 Å². The normalized spacial score (nSPS) is 13.0. The summed E-state index contributed by atoms with van der Waals surface area (Å²) in [6.07, 6.45) is 1.22. The molecule has 0 aromatic carbocycles. The molecule has 132 valence electrons. The maximum absolute atomic E-state index is 11.6. The topological polar surface area (TPSA) is 185 Å². The van der Waals surface area contributed by atoms with Crippen molar-refractivity contribution in [1.29, 1.82) is 0 Å². The molecule has 23 heavy (non-hydrogen) atoms. The maximum Gasteiger partial charge on any atom is 0.326 e. The molecule has 8 N–H and O–H groups in total. The number of amides is 2. The number of hydrogen-bond acceptors (Lipinski definition) is 6. The van der Waals surface area contributed by atoms with E-state index < -0.39 is 48.8 Å². The van der Waals surface area contributed by atoms with E-state index in [4.69, 9.17) is 21.7 Å². The summed E-state index contributed by atoms with van der Waals surface area (Å²) in [6, 6.07) is -2.09. The van der Waals surface area contributed by atoms with E-state index in [1.807, 2.05) is 0 Å². The summed E-state index contributed by atoms with van der Waals surface area (Å²) in [5.41, 5.74) is 11.0. The molecule has 10 nitrogen and oxygen atoms in total. The summed E-state index contributed by atoms with van der Waals surface area (Å²) in [5, 5.41) is 21.9. The molecular formula is C13H24N4O6. The molecule has 0 saturated heterocycles. The van der Waals surface area contributed by atoms with Crippen LogP contribution in [0.4, 0.5) is 0 Å². The molecule has 2 unspecified atom stereocenters. The van der Waals surface area contributed by atoms with Crippen molar-refractivity contribution in [3.63, 3.8) is 0 Å². The first-order valence-electron chi connectivity index (χ1n) is 7.25. The van der Waals surface area contributed by atoms with Crippen molar-refractivity contribution < 1.29 is 29.4 Å². The molecule has 0 rings (SSSR count). The maximum atomic E-state index is 11.6. The van der Waals surface area contributed by atoms with E-state index >= 15 is 0 Å². The van der Waals surface area contributed by atoms with Crippen molar-refractivity contribution in [3.05, 3.63) is 0 Å². The number of nitrogens with one attached hydrogen (secondary N) is 2. The van der Waals surface area contributed by atoms with Gasteiger partial charge in [0, 0.05) is 6.42 Å². The van der Waals surface area contributed by atoms with E-state index in [0.29, 0.717) is 19.4 Å². The first-order chi connectivity index (χ1) is 10.8. The lowest BCUT2D eigenvalue weighted by atomic mass is 10.1. The summed E-state index contributed by atoms with van der Waals surface area (Å²) >= 11 is 0. The summed E-state index contributed by atoms with van der Waals surface area (Å²) in [6.45, 7) is 0.0734. The minimum absolute atomic E-state index is 0.247. The quantitative estimate of drug-likeness (QED) is 0.221. The molecule has 10 heteroatoms. The summed E-state index contributed by atoms with van der Waals surface area (Å²) in [7, 11) is 0.